The molecular formula is C60H62BN3S2Si2. The van der Waals surface area contributed by atoms with Crippen LogP contribution in [0.5, 0.6) is 0 Å². The lowest BCUT2D eigenvalue weighted by atomic mass is 9.39. The number of thiophene rings is 2. The predicted molar refractivity (Wildman–Crippen MR) is 309 cm³/mol. The number of para-hydroxylation sites is 2. The van der Waals surface area contributed by atoms with Gasteiger partial charge in [-0.05, 0) is 98.5 Å². The van der Waals surface area contributed by atoms with Crippen LogP contribution in [0.3, 0.4) is 0 Å². The Morgan fingerprint density at radius 2 is 0.824 bits per heavy atom. The Kier molecular flexibility index (Phi) is 10.5. The number of hydrogen-bond acceptors (Lipinski definition) is 5. The SMILES string of the molecule is CC(C)(C)c1ccc(N2c3cc(N(c4ccccc4)c4ccccc4)cc4c3B(c3sc5c([Si](C)(C)C)cccc5c32)c2sc3c([Si](C)(C)C)cccc3c2N4c2ccc(C(C)(C)C)cc2)cc1. The number of hydrogen-bond donors (Lipinski definition) is 0. The van der Waals surface area contributed by atoms with Crippen LogP contribution in [0.2, 0.25) is 39.3 Å². The fourth-order valence-electron chi connectivity index (χ4n) is 10.7. The van der Waals surface area contributed by atoms with Crippen LogP contribution in [0.15, 0.2) is 158 Å². The van der Waals surface area contributed by atoms with Gasteiger partial charge in [0.2, 0.25) is 0 Å². The summed E-state index contributed by atoms with van der Waals surface area (Å²) in [6.07, 6.45) is 0. The van der Waals surface area contributed by atoms with Crippen molar-refractivity contribution in [3.05, 3.63) is 169 Å². The Balaban J connectivity index is 1.32. The van der Waals surface area contributed by atoms with Gasteiger partial charge in [0.1, 0.15) is 0 Å². The smallest absolute Gasteiger partial charge is 0.277 e. The topological polar surface area (TPSA) is 9.72 Å². The molecule has 0 spiro atoms. The second kappa shape index (κ2) is 16.0. The van der Waals surface area contributed by atoms with Crippen molar-refractivity contribution >= 4 is 142 Å². The summed E-state index contributed by atoms with van der Waals surface area (Å²) < 4.78 is 5.78. The van der Waals surface area contributed by atoms with Crippen molar-refractivity contribution in [3.8, 4) is 0 Å². The summed E-state index contributed by atoms with van der Waals surface area (Å²) in [4.78, 5) is 7.78. The maximum absolute atomic E-state index is 2.66. The molecule has 2 aliphatic heterocycles. The van der Waals surface area contributed by atoms with Crippen LogP contribution in [0.1, 0.15) is 52.7 Å². The van der Waals surface area contributed by atoms with E-state index in [0.29, 0.717) is 0 Å². The van der Waals surface area contributed by atoms with Crippen LogP contribution in [-0.4, -0.2) is 22.9 Å². The fraction of sp³-hybridized carbons (Fsp3) is 0.233. The summed E-state index contributed by atoms with van der Waals surface area (Å²) in [5, 5.41) is 5.79. The first kappa shape index (κ1) is 44.8. The quantitative estimate of drug-likeness (QED) is 0.147. The molecule has 0 amide bonds. The Bertz CT molecular complexity index is 3160. The Hall–Kier alpha value is -5.64. The highest BCUT2D eigenvalue weighted by atomic mass is 32.1. The third-order valence-electron chi connectivity index (χ3n) is 14.2. The highest BCUT2D eigenvalue weighted by molar-refractivity contribution is 7.41. The van der Waals surface area contributed by atoms with Crippen LogP contribution in [0.25, 0.3) is 20.2 Å². The van der Waals surface area contributed by atoms with Crippen molar-refractivity contribution in [3.63, 3.8) is 0 Å². The van der Waals surface area contributed by atoms with Crippen LogP contribution in [0, 0.1) is 0 Å². The van der Waals surface area contributed by atoms with E-state index in [1.54, 1.807) is 0 Å². The highest BCUT2D eigenvalue weighted by Gasteiger charge is 2.48. The zero-order chi connectivity index (χ0) is 47.7. The average Bonchev–Trinajstić information content (AvgIpc) is 3.88. The molecule has 8 heteroatoms. The summed E-state index contributed by atoms with van der Waals surface area (Å²) in [6.45, 7) is 29.0. The van der Waals surface area contributed by atoms with Crippen molar-refractivity contribution < 1.29 is 0 Å². The largest absolute Gasteiger partial charge is 0.310 e. The van der Waals surface area contributed by atoms with Gasteiger partial charge in [-0.3, -0.25) is 0 Å². The van der Waals surface area contributed by atoms with E-state index in [2.05, 4.69) is 276 Å². The monoisotopic (exact) mass is 955 g/mol. The lowest BCUT2D eigenvalue weighted by Crippen LogP contribution is -2.59. The van der Waals surface area contributed by atoms with E-state index in [4.69, 9.17) is 0 Å². The Morgan fingerprint density at radius 1 is 0.441 bits per heavy atom. The molecule has 0 radical (unpaired) electrons. The molecule has 4 heterocycles. The van der Waals surface area contributed by atoms with Crippen molar-refractivity contribution in [2.45, 2.75) is 91.7 Å². The first-order chi connectivity index (χ1) is 32.3. The summed E-state index contributed by atoms with van der Waals surface area (Å²) in [5.41, 5.74) is 15.0. The third kappa shape index (κ3) is 7.33. The third-order valence-corrected chi connectivity index (χ3v) is 21.2. The highest BCUT2D eigenvalue weighted by Crippen LogP contribution is 2.53. The Labute approximate surface area is 414 Å². The molecule has 68 heavy (non-hydrogen) atoms. The zero-order valence-electron chi connectivity index (χ0n) is 41.7. The zero-order valence-corrected chi connectivity index (χ0v) is 45.4. The van der Waals surface area contributed by atoms with E-state index in [-0.39, 0.29) is 17.5 Å². The van der Waals surface area contributed by atoms with Crippen molar-refractivity contribution in [2.24, 2.45) is 0 Å². The summed E-state index contributed by atoms with van der Waals surface area (Å²) in [6, 6.07) is 60.3. The molecular weight excluding hydrogens is 894 g/mol. The first-order valence-corrected chi connectivity index (χ1v) is 32.9. The first-order valence-electron chi connectivity index (χ1n) is 24.3. The van der Waals surface area contributed by atoms with Crippen LogP contribution >= 0.6 is 22.7 Å². The van der Waals surface area contributed by atoms with E-state index in [9.17, 15) is 0 Å². The van der Waals surface area contributed by atoms with Crippen molar-refractivity contribution in [1.29, 1.82) is 0 Å². The van der Waals surface area contributed by atoms with Gasteiger partial charge in [0.15, 0.2) is 0 Å². The predicted octanol–water partition coefficient (Wildman–Crippen LogP) is 15.4. The molecule has 0 saturated heterocycles. The van der Waals surface area contributed by atoms with Gasteiger partial charge in [0.25, 0.3) is 6.71 Å². The molecule has 0 unspecified atom stereocenters. The molecule has 7 aromatic carbocycles. The second-order valence-corrected chi connectivity index (χ2v) is 35.3. The van der Waals surface area contributed by atoms with E-state index >= 15 is 0 Å². The van der Waals surface area contributed by atoms with Gasteiger partial charge in [-0.2, -0.15) is 0 Å². The molecule has 0 saturated carbocycles. The molecule has 0 aliphatic carbocycles. The normalized spacial score (nSPS) is 13.8. The van der Waals surface area contributed by atoms with Gasteiger partial charge >= 0.3 is 0 Å². The molecule has 2 aliphatic rings. The molecule has 0 fully saturated rings. The number of rotatable bonds is 7. The van der Waals surface area contributed by atoms with E-state index < -0.39 is 16.1 Å². The maximum Gasteiger partial charge on any atom is 0.277 e. The molecule has 0 bridgehead atoms. The molecule has 11 rings (SSSR count). The number of nitrogens with zero attached hydrogens (tertiary/aromatic N) is 3. The maximum atomic E-state index is 2.66. The van der Waals surface area contributed by atoms with Gasteiger partial charge in [0, 0.05) is 63.8 Å². The van der Waals surface area contributed by atoms with Crippen LogP contribution in [-0.2, 0) is 10.8 Å². The molecule has 0 N–H and O–H groups in total. The lowest BCUT2D eigenvalue weighted by Gasteiger charge is -2.43. The number of fused-ring (bicyclic) bond motifs is 8. The average molecular weight is 956 g/mol. The van der Waals surface area contributed by atoms with Gasteiger partial charge < -0.3 is 14.7 Å². The minimum absolute atomic E-state index is 0.0261. The minimum Gasteiger partial charge on any atom is -0.310 e. The Morgan fingerprint density at radius 3 is 1.18 bits per heavy atom. The summed E-state index contributed by atoms with van der Waals surface area (Å²) >= 11 is 4.13. The lowest BCUT2D eigenvalue weighted by molar-refractivity contribution is 0.590. The van der Waals surface area contributed by atoms with E-state index in [1.807, 2.05) is 0 Å². The van der Waals surface area contributed by atoms with Gasteiger partial charge in [-0.15, -0.1) is 22.7 Å². The van der Waals surface area contributed by atoms with Crippen LogP contribution < -0.4 is 40.1 Å². The van der Waals surface area contributed by atoms with Gasteiger partial charge in [-0.25, -0.2) is 0 Å². The van der Waals surface area contributed by atoms with Gasteiger partial charge in [0.05, 0.1) is 33.2 Å². The van der Waals surface area contributed by atoms with Gasteiger partial charge in [-0.1, -0.05) is 178 Å². The van der Waals surface area contributed by atoms with E-state index in [0.717, 1.165) is 17.1 Å². The standard InChI is InChI=1S/C60H62BN3S2Si2/c1-59(2,3)39-29-33-43(34-30-39)63-48-37-45(62(41-21-15-13-16-22-41)42-23-17-14-18-24-42)38-49-52(48)61(57-53(63)46-25-19-27-50(55(46)65-57)67(7,8)9)58-54(47-26-20-28-51(56(47)66-58)68(10,11)12)64(49)44-35-31-40(32-36-44)60(4,5)6/h13-38H,1-12H3. The molecule has 2 aromatic heterocycles. The minimum atomic E-state index is -1.77. The number of benzene rings is 7. The molecule has 340 valence electrons. The van der Waals surface area contributed by atoms with Crippen LogP contribution in [0.4, 0.5) is 51.2 Å². The molecule has 0 atom stereocenters. The van der Waals surface area contributed by atoms with E-state index in [1.165, 1.54) is 90.8 Å². The fourth-order valence-corrected chi connectivity index (χ4v) is 18.4. The molecule has 9 aromatic rings. The number of anilines is 9. The summed E-state index contributed by atoms with van der Waals surface area (Å²) in [5.74, 6) is 0. The molecule has 3 nitrogen and oxygen atoms in total. The summed E-state index contributed by atoms with van der Waals surface area (Å²) in [7, 11) is -3.53. The van der Waals surface area contributed by atoms with Crippen molar-refractivity contribution in [1.82, 2.24) is 0 Å². The second-order valence-electron chi connectivity index (χ2n) is 23.1. The van der Waals surface area contributed by atoms with Crippen molar-refractivity contribution in [2.75, 3.05) is 14.7 Å².